The molecule has 1 amide bonds. The van der Waals surface area contributed by atoms with E-state index >= 15 is 0 Å². The molecule has 1 aliphatic rings. The molecule has 0 aromatic carbocycles. The minimum Gasteiger partial charge on any atom is -0.354 e. The molecule has 5 nitrogen and oxygen atoms in total. The van der Waals surface area contributed by atoms with Crippen molar-refractivity contribution in [2.75, 3.05) is 6.54 Å². The quantitative estimate of drug-likeness (QED) is 0.769. The Hall–Kier alpha value is -1.65. The van der Waals surface area contributed by atoms with Gasteiger partial charge in [0.25, 0.3) is 0 Å². The van der Waals surface area contributed by atoms with Gasteiger partial charge in [-0.25, -0.2) is 0 Å². The first-order chi connectivity index (χ1) is 8.11. The van der Waals surface area contributed by atoms with Crippen LogP contribution in [0.4, 0.5) is 0 Å². The Kier molecular flexibility index (Phi) is 3.26. The summed E-state index contributed by atoms with van der Waals surface area (Å²) in [5.41, 5.74) is 2.01. The second-order valence-electron chi connectivity index (χ2n) is 4.61. The summed E-state index contributed by atoms with van der Waals surface area (Å²) in [5.74, 6) is 0.630. The van der Waals surface area contributed by atoms with Gasteiger partial charge in [-0.2, -0.15) is 5.10 Å². The highest BCUT2D eigenvalue weighted by molar-refractivity contribution is 5.79. The van der Waals surface area contributed by atoms with E-state index in [-0.39, 0.29) is 12.5 Å². The molecule has 0 bridgehead atoms. The molecule has 1 N–H and O–H groups in total. The van der Waals surface area contributed by atoms with Gasteiger partial charge in [0.2, 0.25) is 5.91 Å². The Morgan fingerprint density at radius 1 is 1.53 bits per heavy atom. The average Bonchev–Trinajstić information content (AvgIpc) is 3.06. The van der Waals surface area contributed by atoms with Gasteiger partial charge >= 0.3 is 0 Å². The summed E-state index contributed by atoms with van der Waals surface area (Å²) in [7, 11) is 0. The monoisotopic (exact) mass is 235 g/mol. The number of rotatable bonds is 5. The highest BCUT2D eigenvalue weighted by atomic mass is 16.2. The highest BCUT2D eigenvalue weighted by Gasteiger charge is 2.22. The van der Waals surface area contributed by atoms with Crippen LogP contribution in [-0.2, 0) is 11.3 Å². The van der Waals surface area contributed by atoms with Crippen molar-refractivity contribution in [3.05, 3.63) is 17.0 Å². The van der Waals surface area contributed by atoms with Crippen molar-refractivity contribution in [3.63, 3.8) is 0 Å². The molecule has 0 radical (unpaired) electrons. The Balaban J connectivity index is 1.97. The van der Waals surface area contributed by atoms with Gasteiger partial charge in [0.05, 0.1) is 11.3 Å². The van der Waals surface area contributed by atoms with Gasteiger partial charge in [0.1, 0.15) is 6.54 Å². The largest absolute Gasteiger partial charge is 0.354 e. The molecule has 1 fully saturated rings. The molecule has 1 aromatic heterocycles. The molecular formula is C12H17N3O2. The normalized spacial score (nSPS) is 14.7. The number of amides is 1. The fourth-order valence-corrected chi connectivity index (χ4v) is 1.81. The third-order valence-corrected chi connectivity index (χ3v) is 3.13. The number of hydrogen-bond donors (Lipinski definition) is 1. The van der Waals surface area contributed by atoms with Gasteiger partial charge in [0, 0.05) is 12.2 Å². The molecule has 92 valence electrons. The van der Waals surface area contributed by atoms with E-state index in [0.717, 1.165) is 18.5 Å². The molecule has 0 atom stereocenters. The van der Waals surface area contributed by atoms with E-state index in [1.807, 2.05) is 0 Å². The van der Waals surface area contributed by atoms with Gasteiger partial charge in [-0.15, -0.1) is 0 Å². The molecule has 0 saturated heterocycles. The van der Waals surface area contributed by atoms with Crippen LogP contribution in [0.2, 0.25) is 0 Å². The van der Waals surface area contributed by atoms with Crippen molar-refractivity contribution in [1.29, 1.82) is 0 Å². The van der Waals surface area contributed by atoms with Crippen molar-refractivity contribution in [2.45, 2.75) is 33.2 Å². The zero-order valence-corrected chi connectivity index (χ0v) is 10.2. The average molecular weight is 235 g/mol. The molecule has 1 saturated carbocycles. The third-order valence-electron chi connectivity index (χ3n) is 3.13. The van der Waals surface area contributed by atoms with E-state index in [1.54, 1.807) is 18.5 Å². The SMILES string of the molecule is Cc1nn(CC(=O)NCC2CC2)c(C)c1C=O. The summed E-state index contributed by atoms with van der Waals surface area (Å²) in [6.45, 7) is 4.53. The second kappa shape index (κ2) is 4.69. The van der Waals surface area contributed by atoms with Crippen LogP contribution in [0.25, 0.3) is 0 Å². The van der Waals surface area contributed by atoms with Gasteiger partial charge in [0.15, 0.2) is 6.29 Å². The number of aryl methyl sites for hydroxylation is 1. The van der Waals surface area contributed by atoms with Gasteiger partial charge < -0.3 is 5.32 Å². The van der Waals surface area contributed by atoms with Crippen LogP contribution in [0.15, 0.2) is 0 Å². The molecule has 1 aliphatic carbocycles. The number of hydrogen-bond acceptors (Lipinski definition) is 3. The maximum atomic E-state index is 11.6. The van der Waals surface area contributed by atoms with E-state index in [4.69, 9.17) is 0 Å². The summed E-state index contributed by atoms with van der Waals surface area (Å²) in [6, 6.07) is 0. The molecule has 0 aliphatic heterocycles. The number of nitrogens with zero attached hydrogens (tertiary/aromatic N) is 2. The van der Waals surface area contributed by atoms with Crippen molar-refractivity contribution in [1.82, 2.24) is 15.1 Å². The van der Waals surface area contributed by atoms with Gasteiger partial charge in [-0.1, -0.05) is 0 Å². The number of carbonyl (C=O) groups is 2. The smallest absolute Gasteiger partial charge is 0.241 e. The Bertz CT molecular complexity index is 447. The predicted octanol–water partition coefficient (Wildman–Crippen LogP) is 0.839. The topological polar surface area (TPSA) is 64.0 Å². The molecular weight excluding hydrogens is 218 g/mol. The van der Waals surface area contributed by atoms with E-state index < -0.39 is 0 Å². The van der Waals surface area contributed by atoms with E-state index in [0.29, 0.717) is 17.2 Å². The fraction of sp³-hybridized carbons (Fsp3) is 0.583. The van der Waals surface area contributed by atoms with Crippen LogP contribution in [0.3, 0.4) is 0 Å². The number of aldehydes is 1. The molecule has 1 heterocycles. The zero-order chi connectivity index (χ0) is 12.4. The van der Waals surface area contributed by atoms with Crippen LogP contribution in [0.1, 0.15) is 34.6 Å². The molecule has 1 aromatic rings. The fourth-order valence-electron chi connectivity index (χ4n) is 1.81. The first-order valence-corrected chi connectivity index (χ1v) is 5.87. The molecule has 17 heavy (non-hydrogen) atoms. The number of nitrogens with one attached hydrogen (secondary N) is 1. The standard InChI is InChI=1S/C12H17N3O2/c1-8-11(7-16)9(2)15(14-8)6-12(17)13-5-10-3-4-10/h7,10H,3-6H2,1-2H3,(H,13,17). The lowest BCUT2D eigenvalue weighted by molar-refractivity contribution is -0.121. The van der Waals surface area contributed by atoms with Crippen LogP contribution < -0.4 is 5.32 Å². The van der Waals surface area contributed by atoms with Crippen LogP contribution in [0, 0.1) is 19.8 Å². The minimum absolute atomic E-state index is 0.0417. The van der Waals surface area contributed by atoms with Crippen molar-refractivity contribution in [2.24, 2.45) is 5.92 Å². The summed E-state index contributed by atoms with van der Waals surface area (Å²) >= 11 is 0. The molecule has 0 unspecified atom stereocenters. The zero-order valence-electron chi connectivity index (χ0n) is 10.2. The minimum atomic E-state index is -0.0417. The summed E-state index contributed by atoms with van der Waals surface area (Å²) in [5, 5.41) is 7.07. The van der Waals surface area contributed by atoms with Crippen LogP contribution >= 0.6 is 0 Å². The highest BCUT2D eigenvalue weighted by Crippen LogP contribution is 2.27. The first-order valence-electron chi connectivity index (χ1n) is 5.87. The predicted molar refractivity (Wildman–Crippen MR) is 62.8 cm³/mol. The summed E-state index contributed by atoms with van der Waals surface area (Å²) < 4.78 is 1.58. The van der Waals surface area contributed by atoms with E-state index in [1.165, 1.54) is 12.8 Å². The summed E-state index contributed by atoms with van der Waals surface area (Å²) in [4.78, 5) is 22.5. The van der Waals surface area contributed by atoms with Crippen molar-refractivity contribution in [3.8, 4) is 0 Å². The Morgan fingerprint density at radius 2 is 2.24 bits per heavy atom. The Morgan fingerprint density at radius 3 is 2.76 bits per heavy atom. The maximum absolute atomic E-state index is 11.6. The first kappa shape index (κ1) is 11.8. The molecule has 2 rings (SSSR count). The molecule has 5 heteroatoms. The van der Waals surface area contributed by atoms with Crippen LogP contribution in [-0.4, -0.2) is 28.5 Å². The lowest BCUT2D eigenvalue weighted by Crippen LogP contribution is -2.30. The second-order valence-corrected chi connectivity index (χ2v) is 4.61. The number of carbonyl (C=O) groups excluding carboxylic acids is 2. The van der Waals surface area contributed by atoms with E-state index in [2.05, 4.69) is 10.4 Å². The van der Waals surface area contributed by atoms with Crippen molar-refractivity contribution < 1.29 is 9.59 Å². The maximum Gasteiger partial charge on any atom is 0.241 e. The van der Waals surface area contributed by atoms with Crippen LogP contribution in [0.5, 0.6) is 0 Å². The van der Waals surface area contributed by atoms with Gasteiger partial charge in [-0.05, 0) is 32.6 Å². The van der Waals surface area contributed by atoms with E-state index in [9.17, 15) is 9.59 Å². The third kappa shape index (κ3) is 2.72. The summed E-state index contributed by atoms with van der Waals surface area (Å²) in [6.07, 6.45) is 3.22. The van der Waals surface area contributed by atoms with Crippen molar-refractivity contribution >= 4 is 12.2 Å². The lowest BCUT2D eigenvalue weighted by atomic mass is 10.2. The Labute approximate surface area is 100 Å². The lowest BCUT2D eigenvalue weighted by Gasteiger charge is -2.05. The number of aromatic nitrogens is 2. The molecule has 0 spiro atoms. The van der Waals surface area contributed by atoms with Gasteiger partial charge in [-0.3, -0.25) is 14.3 Å².